The highest BCUT2D eigenvalue weighted by molar-refractivity contribution is 4.81. The van der Waals surface area contributed by atoms with Gasteiger partial charge in [0.25, 0.3) is 0 Å². The number of aromatic nitrogens is 2. The normalized spacial score (nSPS) is 13.4. The van der Waals surface area contributed by atoms with Gasteiger partial charge < -0.3 is 0 Å². The van der Waals surface area contributed by atoms with Gasteiger partial charge in [0.05, 0.1) is 13.6 Å². The van der Waals surface area contributed by atoms with Crippen LogP contribution >= 0.6 is 0 Å². The second-order valence-corrected chi connectivity index (χ2v) is 4.59. The summed E-state index contributed by atoms with van der Waals surface area (Å²) >= 11 is 0. The summed E-state index contributed by atoms with van der Waals surface area (Å²) in [6.45, 7) is 5.51. The molecular formula is C14H25N2+. The summed E-state index contributed by atoms with van der Waals surface area (Å²) in [6, 6.07) is 0. The van der Waals surface area contributed by atoms with Crippen LogP contribution in [0.4, 0.5) is 0 Å². The Balaban J connectivity index is 2.48. The number of unbranched alkanes of at least 4 members (excludes halogenated alkanes) is 1. The van der Waals surface area contributed by atoms with Gasteiger partial charge in [-0.3, -0.25) is 0 Å². The van der Waals surface area contributed by atoms with E-state index in [2.05, 4.69) is 60.9 Å². The van der Waals surface area contributed by atoms with Crippen molar-refractivity contribution in [1.82, 2.24) is 4.57 Å². The maximum Gasteiger partial charge on any atom is 0.243 e. The summed E-state index contributed by atoms with van der Waals surface area (Å²) in [6.07, 6.45) is 16.1. The highest BCUT2D eigenvalue weighted by atomic mass is 15.1. The third-order valence-corrected chi connectivity index (χ3v) is 2.96. The minimum Gasteiger partial charge on any atom is -0.240 e. The molecule has 0 bridgehead atoms. The second-order valence-electron chi connectivity index (χ2n) is 4.59. The van der Waals surface area contributed by atoms with Crippen LogP contribution in [-0.4, -0.2) is 4.57 Å². The number of allylic oxidation sites excluding steroid dienone is 2. The molecule has 0 amide bonds. The molecule has 1 rings (SSSR count). The molecule has 0 saturated carbocycles. The standard InChI is InChI=1S/C14H25N2/c1-4-6-8-14(9-7-5-2)12-16-11-10-15(3)13-16/h4,6,10-11,13-14H,5,7-9,12H2,1-3H3/q+1/b6-4+. The minimum absolute atomic E-state index is 0.781. The highest BCUT2D eigenvalue weighted by Gasteiger charge is 2.11. The molecule has 0 radical (unpaired) electrons. The van der Waals surface area contributed by atoms with Crippen molar-refractivity contribution in [2.24, 2.45) is 13.0 Å². The molecule has 1 aromatic rings. The van der Waals surface area contributed by atoms with E-state index < -0.39 is 0 Å². The lowest BCUT2D eigenvalue weighted by molar-refractivity contribution is -0.671. The Morgan fingerprint density at radius 2 is 2.25 bits per heavy atom. The summed E-state index contributed by atoms with van der Waals surface area (Å²) in [5.74, 6) is 0.781. The Morgan fingerprint density at radius 3 is 2.81 bits per heavy atom. The van der Waals surface area contributed by atoms with Crippen molar-refractivity contribution >= 4 is 0 Å². The highest BCUT2D eigenvalue weighted by Crippen LogP contribution is 2.15. The van der Waals surface area contributed by atoms with Crippen molar-refractivity contribution in [3.05, 3.63) is 30.9 Å². The molecule has 0 aliphatic rings. The van der Waals surface area contributed by atoms with Crippen molar-refractivity contribution in [3.8, 4) is 0 Å². The molecule has 1 unspecified atom stereocenters. The van der Waals surface area contributed by atoms with Gasteiger partial charge in [-0.25, -0.2) is 9.13 Å². The van der Waals surface area contributed by atoms with Gasteiger partial charge in [0.15, 0.2) is 0 Å². The van der Waals surface area contributed by atoms with E-state index in [1.807, 2.05) is 0 Å². The summed E-state index contributed by atoms with van der Waals surface area (Å²) in [5.41, 5.74) is 0. The van der Waals surface area contributed by atoms with Crippen molar-refractivity contribution in [1.29, 1.82) is 0 Å². The van der Waals surface area contributed by atoms with Gasteiger partial charge in [0, 0.05) is 5.92 Å². The molecule has 0 spiro atoms. The Kier molecular flexibility index (Phi) is 5.91. The van der Waals surface area contributed by atoms with Crippen LogP contribution < -0.4 is 4.57 Å². The quantitative estimate of drug-likeness (QED) is 0.494. The zero-order chi connectivity index (χ0) is 11.8. The lowest BCUT2D eigenvalue weighted by atomic mass is 9.98. The minimum atomic E-state index is 0.781. The van der Waals surface area contributed by atoms with Crippen LogP contribution in [0.2, 0.25) is 0 Å². The van der Waals surface area contributed by atoms with Gasteiger partial charge in [-0.15, -0.1) is 0 Å². The van der Waals surface area contributed by atoms with E-state index in [1.165, 1.54) is 25.7 Å². The summed E-state index contributed by atoms with van der Waals surface area (Å²) in [7, 11) is 2.07. The average Bonchev–Trinajstić information content (AvgIpc) is 2.68. The first-order valence-electron chi connectivity index (χ1n) is 6.38. The van der Waals surface area contributed by atoms with E-state index in [-0.39, 0.29) is 0 Å². The van der Waals surface area contributed by atoms with E-state index in [0.29, 0.717) is 0 Å². The van der Waals surface area contributed by atoms with Gasteiger partial charge >= 0.3 is 0 Å². The summed E-state index contributed by atoms with van der Waals surface area (Å²) in [4.78, 5) is 0. The molecule has 0 aliphatic heterocycles. The van der Waals surface area contributed by atoms with Crippen molar-refractivity contribution in [3.63, 3.8) is 0 Å². The molecule has 2 nitrogen and oxygen atoms in total. The zero-order valence-corrected chi connectivity index (χ0v) is 10.9. The van der Waals surface area contributed by atoms with E-state index in [4.69, 9.17) is 0 Å². The zero-order valence-electron chi connectivity index (χ0n) is 10.9. The van der Waals surface area contributed by atoms with Crippen LogP contribution in [0.15, 0.2) is 30.9 Å². The molecule has 0 N–H and O–H groups in total. The Labute approximate surface area is 99.6 Å². The van der Waals surface area contributed by atoms with Crippen LogP contribution in [-0.2, 0) is 13.6 Å². The number of nitrogens with zero attached hydrogens (tertiary/aromatic N) is 2. The van der Waals surface area contributed by atoms with Gasteiger partial charge in [-0.2, -0.15) is 0 Å². The Bertz CT molecular complexity index is 312. The Hall–Kier alpha value is -1.05. The molecule has 0 aliphatic carbocycles. The lowest BCUT2D eigenvalue weighted by Crippen LogP contribution is -2.24. The summed E-state index contributed by atoms with van der Waals surface area (Å²) in [5, 5.41) is 0. The van der Waals surface area contributed by atoms with Crippen molar-refractivity contribution in [2.75, 3.05) is 0 Å². The average molecular weight is 221 g/mol. The third-order valence-electron chi connectivity index (χ3n) is 2.96. The van der Waals surface area contributed by atoms with Gasteiger partial charge in [0.2, 0.25) is 6.33 Å². The fourth-order valence-corrected chi connectivity index (χ4v) is 2.01. The molecule has 0 aromatic carbocycles. The third kappa shape index (κ3) is 4.65. The number of hydrogen-bond donors (Lipinski definition) is 0. The number of aryl methyl sites for hydroxylation is 1. The predicted molar refractivity (Wildman–Crippen MR) is 68.1 cm³/mol. The van der Waals surface area contributed by atoms with Gasteiger partial charge in [0.1, 0.15) is 12.4 Å². The first-order chi connectivity index (χ1) is 7.76. The molecule has 2 heteroatoms. The Morgan fingerprint density at radius 1 is 1.44 bits per heavy atom. The molecule has 90 valence electrons. The molecule has 1 heterocycles. The lowest BCUT2D eigenvalue weighted by Gasteiger charge is -2.11. The first kappa shape index (κ1) is 13.0. The van der Waals surface area contributed by atoms with Crippen LogP contribution in [0.1, 0.15) is 39.5 Å². The van der Waals surface area contributed by atoms with E-state index >= 15 is 0 Å². The maximum atomic E-state index is 2.30. The van der Waals surface area contributed by atoms with Crippen LogP contribution in [0.5, 0.6) is 0 Å². The fraction of sp³-hybridized carbons (Fsp3) is 0.643. The predicted octanol–water partition coefficient (Wildman–Crippen LogP) is 3.09. The number of rotatable bonds is 7. The molecular weight excluding hydrogens is 196 g/mol. The van der Waals surface area contributed by atoms with E-state index in [9.17, 15) is 0 Å². The second kappa shape index (κ2) is 7.26. The molecule has 1 aromatic heterocycles. The molecule has 1 atom stereocenters. The fourth-order valence-electron chi connectivity index (χ4n) is 2.01. The monoisotopic (exact) mass is 221 g/mol. The largest absolute Gasteiger partial charge is 0.243 e. The van der Waals surface area contributed by atoms with Crippen molar-refractivity contribution < 1.29 is 4.57 Å². The molecule has 0 saturated heterocycles. The van der Waals surface area contributed by atoms with Crippen molar-refractivity contribution in [2.45, 2.75) is 46.1 Å². The molecule has 16 heavy (non-hydrogen) atoms. The smallest absolute Gasteiger partial charge is 0.240 e. The summed E-state index contributed by atoms with van der Waals surface area (Å²) < 4.78 is 4.40. The number of hydrogen-bond acceptors (Lipinski definition) is 0. The molecule has 0 fully saturated rings. The van der Waals surface area contributed by atoms with Crippen LogP contribution in [0, 0.1) is 5.92 Å². The maximum absolute atomic E-state index is 2.30. The van der Waals surface area contributed by atoms with Gasteiger partial charge in [-0.1, -0.05) is 31.9 Å². The van der Waals surface area contributed by atoms with Gasteiger partial charge in [-0.05, 0) is 19.8 Å². The number of imidazole rings is 1. The SMILES string of the molecule is C/C=C/CC(CCCC)Cn1cc[n+](C)c1. The van der Waals surface area contributed by atoms with E-state index in [1.54, 1.807) is 0 Å². The van der Waals surface area contributed by atoms with Crippen LogP contribution in [0.3, 0.4) is 0 Å². The topological polar surface area (TPSA) is 8.81 Å². The van der Waals surface area contributed by atoms with Crippen LogP contribution in [0.25, 0.3) is 0 Å². The first-order valence-corrected chi connectivity index (χ1v) is 6.38. The van der Waals surface area contributed by atoms with E-state index in [0.717, 1.165) is 12.5 Å².